The maximum atomic E-state index is 12.7. The van der Waals surface area contributed by atoms with Crippen LogP contribution in [-0.4, -0.2) is 29.8 Å². The lowest BCUT2D eigenvalue weighted by Gasteiger charge is -2.28. The van der Waals surface area contributed by atoms with Crippen LogP contribution in [0.15, 0.2) is 60.7 Å². The molecule has 1 heterocycles. The monoisotopic (exact) mass is 512 g/mol. The summed E-state index contributed by atoms with van der Waals surface area (Å²) in [6.07, 6.45) is 3.09. The van der Waals surface area contributed by atoms with Crippen molar-refractivity contribution in [3.8, 4) is 0 Å². The Labute approximate surface area is 212 Å². The molecule has 0 radical (unpaired) electrons. The number of nitrogens with zero attached hydrogens (tertiary/aromatic N) is 2. The largest absolute Gasteiger partial charge is 0.366 e. The number of carbonyl (C=O) groups is 2. The third kappa shape index (κ3) is 5.90. The number of nitro groups is 1. The van der Waals surface area contributed by atoms with E-state index in [-0.39, 0.29) is 21.8 Å². The van der Waals surface area contributed by atoms with Crippen molar-refractivity contribution in [3.63, 3.8) is 0 Å². The van der Waals surface area contributed by atoms with Gasteiger partial charge < -0.3 is 15.5 Å². The highest BCUT2D eigenvalue weighted by atomic mass is 35.5. The van der Waals surface area contributed by atoms with Crippen LogP contribution < -0.4 is 15.5 Å². The highest BCUT2D eigenvalue weighted by Gasteiger charge is 2.23. The van der Waals surface area contributed by atoms with E-state index >= 15 is 0 Å². The molecule has 0 unspecified atom stereocenters. The molecule has 0 aliphatic carbocycles. The zero-order valence-electron chi connectivity index (χ0n) is 18.6. The fourth-order valence-corrected chi connectivity index (χ4v) is 4.42. The van der Waals surface area contributed by atoms with E-state index in [9.17, 15) is 19.7 Å². The summed E-state index contributed by atoms with van der Waals surface area (Å²) >= 11 is 11.9. The van der Waals surface area contributed by atoms with E-state index in [1.807, 2.05) is 4.90 Å². The van der Waals surface area contributed by atoms with Crippen molar-refractivity contribution in [2.45, 2.75) is 19.3 Å². The number of nitrogens with one attached hydrogen (secondary N) is 2. The van der Waals surface area contributed by atoms with E-state index in [4.69, 9.17) is 23.2 Å². The maximum absolute atomic E-state index is 12.7. The van der Waals surface area contributed by atoms with Gasteiger partial charge in [-0.05, 0) is 73.9 Å². The second-order valence-corrected chi connectivity index (χ2v) is 8.96. The van der Waals surface area contributed by atoms with Gasteiger partial charge in [-0.2, -0.15) is 0 Å². The molecular formula is C25H22Cl2N4O4. The minimum Gasteiger partial charge on any atom is -0.366 e. The molecule has 0 saturated carbocycles. The third-order valence-corrected chi connectivity index (χ3v) is 6.26. The lowest BCUT2D eigenvalue weighted by molar-refractivity contribution is -0.384. The smallest absolute Gasteiger partial charge is 0.293 e. The molecule has 1 saturated heterocycles. The van der Waals surface area contributed by atoms with E-state index in [0.717, 1.165) is 32.4 Å². The van der Waals surface area contributed by atoms with Crippen molar-refractivity contribution in [2.75, 3.05) is 28.6 Å². The molecule has 1 aliphatic heterocycles. The number of nitro benzene ring substituents is 1. The molecular weight excluding hydrogens is 491 g/mol. The molecule has 180 valence electrons. The summed E-state index contributed by atoms with van der Waals surface area (Å²) < 4.78 is 0. The highest BCUT2D eigenvalue weighted by Crippen LogP contribution is 2.31. The number of hydrogen-bond acceptors (Lipinski definition) is 5. The lowest BCUT2D eigenvalue weighted by Crippen LogP contribution is -2.30. The first-order valence-corrected chi connectivity index (χ1v) is 11.8. The van der Waals surface area contributed by atoms with E-state index in [2.05, 4.69) is 10.6 Å². The molecule has 1 fully saturated rings. The molecule has 2 N–H and O–H groups in total. The summed E-state index contributed by atoms with van der Waals surface area (Å²) in [6, 6.07) is 15.6. The van der Waals surface area contributed by atoms with Gasteiger partial charge in [0, 0.05) is 41.1 Å². The Bertz CT molecular complexity index is 1270. The van der Waals surface area contributed by atoms with Crippen LogP contribution in [0.3, 0.4) is 0 Å². The summed E-state index contributed by atoms with van der Waals surface area (Å²) in [4.78, 5) is 38.4. The van der Waals surface area contributed by atoms with Crippen molar-refractivity contribution in [3.05, 3.63) is 92.0 Å². The number of piperidine rings is 1. The van der Waals surface area contributed by atoms with Gasteiger partial charge in [0.05, 0.1) is 15.5 Å². The van der Waals surface area contributed by atoms with Crippen molar-refractivity contribution in [1.82, 2.24) is 0 Å². The summed E-state index contributed by atoms with van der Waals surface area (Å²) in [5, 5.41) is 17.8. The second kappa shape index (κ2) is 10.8. The predicted molar refractivity (Wildman–Crippen MR) is 138 cm³/mol. The van der Waals surface area contributed by atoms with E-state index in [1.165, 1.54) is 18.2 Å². The Hall–Kier alpha value is -3.62. The Morgan fingerprint density at radius 3 is 2.06 bits per heavy atom. The molecule has 2 amide bonds. The van der Waals surface area contributed by atoms with Crippen LogP contribution in [0.4, 0.5) is 22.7 Å². The van der Waals surface area contributed by atoms with Gasteiger partial charge in [-0.25, -0.2) is 0 Å². The van der Waals surface area contributed by atoms with E-state index < -0.39 is 16.7 Å². The van der Waals surface area contributed by atoms with Crippen molar-refractivity contribution >= 4 is 57.8 Å². The quantitative estimate of drug-likeness (QED) is 0.293. The zero-order valence-corrected chi connectivity index (χ0v) is 20.1. The highest BCUT2D eigenvalue weighted by molar-refractivity contribution is 6.37. The fourth-order valence-electron chi connectivity index (χ4n) is 3.93. The Morgan fingerprint density at radius 2 is 1.46 bits per heavy atom. The molecule has 4 rings (SSSR count). The van der Waals surface area contributed by atoms with E-state index in [0.29, 0.717) is 22.1 Å². The van der Waals surface area contributed by atoms with Gasteiger partial charge in [-0.15, -0.1) is 0 Å². The number of halogens is 2. The number of rotatable bonds is 6. The average Bonchev–Trinajstić information content (AvgIpc) is 2.85. The van der Waals surface area contributed by atoms with Gasteiger partial charge >= 0.3 is 0 Å². The summed E-state index contributed by atoms with van der Waals surface area (Å²) in [5.41, 5.74) is 1.89. The molecule has 1 aliphatic rings. The molecule has 8 nitrogen and oxygen atoms in total. The number of benzene rings is 3. The van der Waals surface area contributed by atoms with Gasteiger partial charge in [0.2, 0.25) is 0 Å². The first-order valence-electron chi connectivity index (χ1n) is 11.0. The summed E-state index contributed by atoms with van der Waals surface area (Å²) in [6.45, 7) is 1.53. The second-order valence-electron chi connectivity index (χ2n) is 8.12. The third-order valence-electron chi connectivity index (χ3n) is 5.71. The van der Waals surface area contributed by atoms with Gasteiger partial charge in [-0.3, -0.25) is 19.7 Å². The van der Waals surface area contributed by atoms with Crippen LogP contribution >= 0.6 is 23.2 Å². The SMILES string of the molecule is O=C(Nc1ccc(NC(=O)c2ccc(Cl)cc2Cl)cc1)c1ccc(N2CCCCC2)c([N+](=O)[O-])c1. The normalized spacial score (nSPS) is 13.3. The van der Waals surface area contributed by atoms with Crippen LogP contribution in [-0.2, 0) is 0 Å². The number of anilines is 3. The van der Waals surface area contributed by atoms with Crippen LogP contribution in [0.1, 0.15) is 40.0 Å². The molecule has 10 heteroatoms. The van der Waals surface area contributed by atoms with Crippen LogP contribution in [0.5, 0.6) is 0 Å². The topological polar surface area (TPSA) is 105 Å². The Balaban J connectivity index is 1.44. The molecule has 0 atom stereocenters. The molecule has 3 aromatic carbocycles. The molecule has 0 aromatic heterocycles. The first-order chi connectivity index (χ1) is 16.8. The number of hydrogen-bond donors (Lipinski definition) is 2. The number of carbonyl (C=O) groups excluding carboxylic acids is 2. The van der Waals surface area contributed by atoms with Crippen molar-refractivity contribution in [1.29, 1.82) is 0 Å². The van der Waals surface area contributed by atoms with Crippen molar-refractivity contribution in [2.24, 2.45) is 0 Å². The summed E-state index contributed by atoms with van der Waals surface area (Å²) in [5.74, 6) is -0.868. The van der Waals surface area contributed by atoms with Crippen molar-refractivity contribution < 1.29 is 14.5 Å². The minimum atomic E-state index is -0.469. The van der Waals surface area contributed by atoms with Crippen LogP contribution in [0, 0.1) is 10.1 Å². The van der Waals surface area contributed by atoms with Gasteiger partial charge in [0.1, 0.15) is 5.69 Å². The van der Waals surface area contributed by atoms with Crippen LogP contribution in [0.2, 0.25) is 10.0 Å². The molecule has 0 bridgehead atoms. The minimum absolute atomic E-state index is 0.0847. The Morgan fingerprint density at radius 1 is 0.829 bits per heavy atom. The number of amides is 2. The van der Waals surface area contributed by atoms with Gasteiger partial charge in [-0.1, -0.05) is 23.2 Å². The van der Waals surface area contributed by atoms with Gasteiger partial charge in [0.15, 0.2) is 0 Å². The lowest BCUT2D eigenvalue weighted by atomic mass is 10.1. The molecule has 3 aromatic rings. The first kappa shape index (κ1) is 24.5. The van der Waals surface area contributed by atoms with E-state index in [1.54, 1.807) is 42.5 Å². The van der Waals surface area contributed by atoms with Gasteiger partial charge in [0.25, 0.3) is 17.5 Å². The Kier molecular flexibility index (Phi) is 7.53. The predicted octanol–water partition coefficient (Wildman–Crippen LogP) is 6.40. The maximum Gasteiger partial charge on any atom is 0.293 e. The standard InChI is InChI=1S/C25H22Cl2N4O4/c26-17-5-10-20(21(27)15-17)25(33)29-19-8-6-18(7-9-19)28-24(32)16-4-11-22(23(14-16)31(34)35)30-12-2-1-3-13-30/h4-11,14-15H,1-3,12-13H2,(H,28,32)(H,29,33). The fraction of sp³-hybridized carbons (Fsp3) is 0.200. The summed E-state index contributed by atoms with van der Waals surface area (Å²) in [7, 11) is 0. The van der Waals surface area contributed by atoms with Crippen LogP contribution in [0.25, 0.3) is 0 Å². The average molecular weight is 513 g/mol. The zero-order chi connectivity index (χ0) is 24.9. The molecule has 0 spiro atoms. The molecule has 35 heavy (non-hydrogen) atoms.